The van der Waals surface area contributed by atoms with Gasteiger partial charge in [-0.05, 0) is 38.0 Å². The number of amides is 1. The van der Waals surface area contributed by atoms with Crippen LogP contribution in [0.25, 0.3) is 0 Å². The number of hydrogen-bond acceptors (Lipinski definition) is 6. The largest absolute Gasteiger partial charge is 0.493 e. The minimum atomic E-state index is -1.02. The van der Waals surface area contributed by atoms with Crippen LogP contribution in [0.3, 0.4) is 0 Å². The number of carbonyl (C=O) groups excluding carboxylic acids is 2. The SMILES string of the molecule is CCOc1cc(C(=O)OCC(=O)N[C@@](C)(C#N)C(C)C)ccc1OC. The average Bonchev–Trinajstić information content (AvgIpc) is 2.59. The number of nitrogens with zero attached hydrogens (tertiary/aromatic N) is 1. The van der Waals surface area contributed by atoms with Gasteiger partial charge >= 0.3 is 5.97 Å². The predicted molar refractivity (Wildman–Crippen MR) is 91.4 cm³/mol. The summed E-state index contributed by atoms with van der Waals surface area (Å²) in [4.78, 5) is 24.1. The van der Waals surface area contributed by atoms with E-state index in [-0.39, 0.29) is 11.5 Å². The van der Waals surface area contributed by atoms with E-state index in [2.05, 4.69) is 11.4 Å². The average molecular weight is 348 g/mol. The van der Waals surface area contributed by atoms with Gasteiger partial charge in [0, 0.05) is 0 Å². The Labute approximate surface area is 147 Å². The molecule has 0 heterocycles. The third-order valence-corrected chi connectivity index (χ3v) is 3.82. The Bertz CT molecular complexity index is 666. The fraction of sp³-hybridized carbons (Fsp3) is 0.500. The quantitative estimate of drug-likeness (QED) is 0.724. The first-order chi connectivity index (χ1) is 11.8. The lowest BCUT2D eigenvalue weighted by Crippen LogP contribution is -2.50. The number of benzene rings is 1. The highest BCUT2D eigenvalue weighted by atomic mass is 16.5. The Balaban J connectivity index is 2.72. The topological polar surface area (TPSA) is 97.6 Å². The highest BCUT2D eigenvalue weighted by Crippen LogP contribution is 2.28. The second-order valence-electron chi connectivity index (χ2n) is 5.89. The van der Waals surface area contributed by atoms with Gasteiger partial charge in [0.15, 0.2) is 18.1 Å². The molecule has 1 amide bonds. The van der Waals surface area contributed by atoms with E-state index in [0.717, 1.165) is 0 Å². The van der Waals surface area contributed by atoms with E-state index in [4.69, 9.17) is 14.2 Å². The van der Waals surface area contributed by atoms with Crippen LogP contribution in [0.4, 0.5) is 0 Å². The highest BCUT2D eigenvalue weighted by Gasteiger charge is 2.30. The first-order valence-electron chi connectivity index (χ1n) is 7.97. The zero-order valence-electron chi connectivity index (χ0n) is 15.2. The molecule has 25 heavy (non-hydrogen) atoms. The van der Waals surface area contributed by atoms with Crippen LogP contribution in [-0.4, -0.2) is 37.7 Å². The van der Waals surface area contributed by atoms with Crippen LogP contribution in [0, 0.1) is 17.2 Å². The number of rotatable bonds is 8. The van der Waals surface area contributed by atoms with E-state index < -0.39 is 24.0 Å². The summed E-state index contributed by atoms with van der Waals surface area (Å²) in [5, 5.41) is 11.8. The smallest absolute Gasteiger partial charge is 0.338 e. The van der Waals surface area contributed by atoms with Gasteiger partial charge in [0.2, 0.25) is 0 Å². The molecule has 0 aliphatic heterocycles. The summed E-state index contributed by atoms with van der Waals surface area (Å²) in [6.07, 6.45) is 0. The molecule has 1 aromatic rings. The zero-order valence-corrected chi connectivity index (χ0v) is 15.2. The Morgan fingerprint density at radius 1 is 1.32 bits per heavy atom. The third-order valence-electron chi connectivity index (χ3n) is 3.82. The summed E-state index contributed by atoms with van der Waals surface area (Å²) >= 11 is 0. The summed E-state index contributed by atoms with van der Waals surface area (Å²) in [5.41, 5.74) is -0.782. The second kappa shape index (κ2) is 8.92. The number of ether oxygens (including phenoxy) is 3. The lowest BCUT2D eigenvalue weighted by atomic mass is 9.90. The highest BCUT2D eigenvalue weighted by molar-refractivity contribution is 5.92. The molecule has 0 bridgehead atoms. The van der Waals surface area contributed by atoms with Gasteiger partial charge in [0.1, 0.15) is 5.54 Å². The molecule has 1 atom stereocenters. The number of esters is 1. The van der Waals surface area contributed by atoms with Crippen molar-refractivity contribution in [2.75, 3.05) is 20.3 Å². The maximum Gasteiger partial charge on any atom is 0.338 e. The van der Waals surface area contributed by atoms with Gasteiger partial charge in [-0.25, -0.2) is 4.79 Å². The molecule has 0 saturated heterocycles. The van der Waals surface area contributed by atoms with E-state index in [1.165, 1.54) is 19.2 Å². The molecule has 0 aliphatic carbocycles. The molecule has 0 aliphatic rings. The van der Waals surface area contributed by atoms with Gasteiger partial charge in [0.05, 0.1) is 25.3 Å². The number of carbonyl (C=O) groups is 2. The molecule has 0 radical (unpaired) electrons. The normalized spacial score (nSPS) is 12.7. The van der Waals surface area contributed by atoms with Crippen molar-refractivity contribution in [3.8, 4) is 17.6 Å². The van der Waals surface area contributed by atoms with E-state index >= 15 is 0 Å². The minimum absolute atomic E-state index is 0.0903. The number of methoxy groups -OCH3 is 1. The second-order valence-corrected chi connectivity index (χ2v) is 5.89. The van der Waals surface area contributed by atoms with Crippen LogP contribution in [0.5, 0.6) is 11.5 Å². The Kier molecular flexibility index (Phi) is 7.24. The van der Waals surface area contributed by atoms with Gasteiger partial charge in [-0.3, -0.25) is 4.79 Å². The van der Waals surface area contributed by atoms with E-state index in [0.29, 0.717) is 18.1 Å². The van der Waals surface area contributed by atoms with Crippen molar-refractivity contribution >= 4 is 11.9 Å². The minimum Gasteiger partial charge on any atom is -0.493 e. The summed E-state index contributed by atoms with van der Waals surface area (Å²) in [6, 6.07) is 6.67. The molecule has 0 saturated carbocycles. The lowest BCUT2D eigenvalue weighted by Gasteiger charge is -2.27. The van der Waals surface area contributed by atoms with Crippen molar-refractivity contribution in [3.05, 3.63) is 23.8 Å². The van der Waals surface area contributed by atoms with E-state index in [9.17, 15) is 14.9 Å². The van der Waals surface area contributed by atoms with Gasteiger partial charge < -0.3 is 19.5 Å². The van der Waals surface area contributed by atoms with Gasteiger partial charge in [-0.2, -0.15) is 5.26 Å². The molecule has 1 rings (SSSR count). The maximum absolute atomic E-state index is 12.1. The maximum atomic E-state index is 12.1. The van der Waals surface area contributed by atoms with Gasteiger partial charge in [0.25, 0.3) is 5.91 Å². The van der Waals surface area contributed by atoms with Crippen LogP contribution in [-0.2, 0) is 9.53 Å². The lowest BCUT2D eigenvalue weighted by molar-refractivity contribution is -0.125. The number of nitriles is 1. The fourth-order valence-electron chi connectivity index (χ4n) is 1.91. The van der Waals surface area contributed by atoms with Gasteiger partial charge in [-0.1, -0.05) is 13.8 Å². The summed E-state index contributed by atoms with van der Waals surface area (Å²) < 4.78 is 15.6. The van der Waals surface area contributed by atoms with Crippen LogP contribution >= 0.6 is 0 Å². The van der Waals surface area contributed by atoms with Crippen molar-refractivity contribution in [2.24, 2.45) is 5.92 Å². The van der Waals surface area contributed by atoms with Gasteiger partial charge in [-0.15, -0.1) is 0 Å². The molecular weight excluding hydrogens is 324 g/mol. The van der Waals surface area contributed by atoms with Crippen LogP contribution in [0.2, 0.25) is 0 Å². The summed E-state index contributed by atoms with van der Waals surface area (Å²) in [5.74, 6) is -0.377. The molecule has 0 aromatic heterocycles. The molecule has 0 unspecified atom stereocenters. The molecule has 1 aromatic carbocycles. The number of hydrogen-bond donors (Lipinski definition) is 1. The Hall–Kier alpha value is -2.75. The molecule has 1 N–H and O–H groups in total. The van der Waals surface area contributed by atoms with Crippen LogP contribution in [0.1, 0.15) is 38.1 Å². The first-order valence-corrected chi connectivity index (χ1v) is 7.97. The molecule has 7 nitrogen and oxygen atoms in total. The monoisotopic (exact) mass is 348 g/mol. The standard InChI is InChI=1S/C18H24N2O5/c1-6-24-15-9-13(7-8-14(15)23-5)17(22)25-10-16(21)20-18(4,11-19)12(2)3/h7-9,12H,6,10H2,1-5H3,(H,20,21)/t18-/m0/s1. The van der Waals surface area contributed by atoms with Crippen molar-refractivity contribution in [2.45, 2.75) is 33.2 Å². The fourth-order valence-corrected chi connectivity index (χ4v) is 1.91. The van der Waals surface area contributed by atoms with Crippen molar-refractivity contribution < 1.29 is 23.8 Å². The summed E-state index contributed by atoms with van der Waals surface area (Å²) in [7, 11) is 1.50. The first kappa shape index (κ1) is 20.3. The van der Waals surface area contributed by atoms with Crippen molar-refractivity contribution in [1.82, 2.24) is 5.32 Å². The molecule has 0 fully saturated rings. The molecular formula is C18H24N2O5. The molecule has 136 valence electrons. The predicted octanol–water partition coefficient (Wildman–Crippen LogP) is 2.31. The van der Waals surface area contributed by atoms with E-state index in [1.54, 1.807) is 13.0 Å². The van der Waals surface area contributed by atoms with E-state index in [1.807, 2.05) is 20.8 Å². The number of nitrogens with one attached hydrogen (secondary N) is 1. The zero-order chi connectivity index (χ0) is 19.0. The van der Waals surface area contributed by atoms with Crippen LogP contribution < -0.4 is 14.8 Å². The van der Waals surface area contributed by atoms with Crippen LogP contribution in [0.15, 0.2) is 18.2 Å². The molecule has 0 spiro atoms. The molecule has 7 heteroatoms. The van der Waals surface area contributed by atoms with Crippen molar-refractivity contribution in [1.29, 1.82) is 5.26 Å². The summed E-state index contributed by atoms with van der Waals surface area (Å²) in [6.45, 7) is 7.02. The van der Waals surface area contributed by atoms with Crippen molar-refractivity contribution in [3.63, 3.8) is 0 Å². The Morgan fingerprint density at radius 3 is 2.52 bits per heavy atom. The Morgan fingerprint density at radius 2 is 2.00 bits per heavy atom. The third kappa shape index (κ3) is 5.38.